The topological polar surface area (TPSA) is 20.2 Å². The Bertz CT molecular complexity index is 666. The van der Waals surface area contributed by atoms with E-state index >= 15 is 0 Å². The molecule has 0 amide bonds. The number of benzene rings is 2. The van der Waals surface area contributed by atoms with E-state index in [1.807, 2.05) is 24.3 Å². The maximum atomic E-state index is 14.1. The molecule has 0 radical (unpaired) electrons. The van der Waals surface area contributed by atoms with Crippen molar-refractivity contribution in [1.29, 1.82) is 0 Å². The van der Waals surface area contributed by atoms with E-state index < -0.39 is 17.2 Å². The molecule has 2 aromatic carbocycles. The van der Waals surface area contributed by atoms with E-state index in [1.165, 1.54) is 24.6 Å². The van der Waals surface area contributed by atoms with Gasteiger partial charge < -0.3 is 5.11 Å². The van der Waals surface area contributed by atoms with Crippen molar-refractivity contribution >= 4 is 0 Å². The quantitative estimate of drug-likeness (QED) is 0.841. The highest BCUT2D eigenvalue weighted by Gasteiger charge is 2.36. The largest absolute Gasteiger partial charge is 0.385 e. The summed E-state index contributed by atoms with van der Waals surface area (Å²) in [5, 5.41) is 10.8. The van der Waals surface area contributed by atoms with Gasteiger partial charge in [-0.3, -0.25) is 0 Å². The average molecular weight is 274 g/mol. The summed E-state index contributed by atoms with van der Waals surface area (Å²) < 4.78 is 27.9. The molecular formula is C17H16F2O. The lowest BCUT2D eigenvalue weighted by atomic mass is 9.76. The minimum Gasteiger partial charge on any atom is -0.385 e. The van der Waals surface area contributed by atoms with Crippen molar-refractivity contribution in [3.8, 4) is 0 Å². The second-order valence-corrected chi connectivity index (χ2v) is 5.54. The van der Waals surface area contributed by atoms with E-state index in [-0.39, 0.29) is 11.1 Å². The first kappa shape index (κ1) is 13.3. The summed E-state index contributed by atoms with van der Waals surface area (Å²) in [6.45, 7) is 1.52. The number of hydrogen-bond acceptors (Lipinski definition) is 1. The van der Waals surface area contributed by atoms with Gasteiger partial charge in [0.15, 0.2) is 11.6 Å². The van der Waals surface area contributed by atoms with Gasteiger partial charge in [0.25, 0.3) is 0 Å². The summed E-state index contributed by atoms with van der Waals surface area (Å²) in [5.74, 6) is -1.79. The summed E-state index contributed by atoms with van der Waals surface area (Å²) in [7, 11) is 0. The number of hydrogen-bond donors (Lipinski definition) is 1. The zero-order valence-electron chi connectivity index (χ0n) is 11.3. The molecule has 1 N–H and O–H groups in total. The molecule has 1 aliphatic carbocycles. The van der Waals surface area contributed by atoms with Crippen LogP contribution in [0.3, 0.4) is 0 Å². The molecule has 20 heavy (non-hydrogen) atoms. The van der Waals surface area contributed by atoms with Crippen LogP contribution in [0.15, 0.2) is 36.4 Å². The zero-order chi connectivity index (χ0) is 14.3. The normalized spacial score (nSPS) is 21.6. The van der Waals surface area contributed by atoms with Gasteiger partial charge in [-0.2, -0.15) is 0 Å². The maximum absolute atomic E-state index is 14.1. The van der Waals surface area contributed by atoms with Crippen molar-refractivity contribution in [3.63, 3.8) is 0 Å². The average Bonchev–Trinajstić information content (AvgIpc) is 2.44. The number of rotatable bonds is 1. The Morgan fingerprint density at radius 2 is 1.70 bits per heavy atom. The fraction of sp³-hybridized carbons (Fsp3) is 0.294. The van der Waals surface area contributed by atoms with E-state index in [1.54, 1.807) is 0 Å². The molecule has 104 valence electrons. The Labute approximate surface area is 116 Å². The first-order valence-electron chi connectivity index (χ1n) is 6.75. The molecule has 0 heterocycles. The van der Waals surface area contributed by atoms with Gasteiger partial charge in [-0.1, -0.05) is 36.4 Å². The highest BCUT2D eigenvalue weighted by molar-refractivity contribution is 5.37. The molecule has 1 nitrogen and oxygen atoms in total. The Morgan fingerprint density at radius 3 is 2.45 bits per heavy atom. The molecule has 1 unspecified atom stereocenters. The van der Waals surface area contributed by atoms with Crippen LogP contribution in [0.4, 0.5) is 8.78 Å². The summed E-state index contributed by atoms with van der Waals surface area (Å²) in [6, 6.07) is 10.8. The number of halogens is 2. The molecular weight excluding hydrogens is 258 g/mol. The Balaban J connectivity index is 2.05. The maximum Gasteiger partial charge on any atom is 0.165 e. The molecule has 1 aliphatic rings. The molecule has 0 fully saturated rings. The van der Waals surface area contributed by atoms with Gasteiger partial charge in [0, 0.05) is 12.0 Å². The van der Waals surface area contributed by atoms with E-state index in [0.717, 1.165) is 5.56 Å². The molecule has 0 spiro atoms. The summed E-state index contributed by atoms with van der Waals surface area (Å²) in [5.41, 5.74) is 1.17. The fourth-order valence-electron chi connectivity index (χ4n) is 2.95. The third-order valence-electron chi connectivity index (χ3n) is 4.19. The van der Waals surface area contributed by atoms with Crippen molar-refractivity contribution in [2.45, 2.75) is 31.8 Å². The SMILES string of the molecule is Cc1ccc(C2(O)CCc3ccccc3C2)c(F)c1F. The van der Waals surface area contributed by atoms with E-state index in [9.17, 15) is 13.9 Å². The van der Waals surface area contributed by atoms with Gasteiger partial charge in [0.05, 0.1) is 5.60 Å². The lowest BCUT2D eigenvalue weighted by Crippen LogP contribution is -2.34. The smallest absolute Gasteiger partial charge is 0.165 e. The Kier molecular flexibility index (Phi) is 3.09. The molecule has 0 saturated carbocycles. The molecule has 0 aromatic heterocycles. The van der Waals surface area contributed by atoms with Gasteiger partial charge in [-0.05, 0) is 36.5 Å². The molecule has 0 saturated heterocycles. The van der Waals surface area contributed by atoms with E-state index in [4.69, 9.17) is 0 Å². The van der Waals surface area contributed by atoms with Crippen LogP contribution in [0, 0.1) is 18.6 Å². The molecule has 1 atom stereocenters. The number of aliphatic hydroxyl groups is 1. The van der Waals surface area contributed by atoms with Gasteiger partial charge >= 0.3 is 0 Å². The van der Waals surface area contributed by atoms with E-state index in [0.29, 0.717) is 19.3 Å². The van der Waals surface area contributed by atoms with Crippen molar-refractivity contribution in [3.05, 3.63) is 70.3 Å². The lowest BCUT2D eigenvalue weighted by Gasteiger charge is -2.34. The Morgan fingerprint density at radius 1 is 1.00 bits per heavy atom. The predicted molar refractivity (Wildman–Crippen MR) is 73.5 cm³/mol. The Hall–Kier alpha value is -1.74. The zero-order valence-corrected chi connectivity index (χ0v) is 11.3. The highest BCUT2D eigenvalue weighted by Crippen LogP contribution is 2.38. The van der Waals surface area contributed by atoms with Crippen LogP contribution in [-0.2, 0) is 18.4 Å². The van der Waals surface area contributed by atoms with Gasteiger partial charge in [0.1, 0.15) is 0 Å². The first-order chi connectivity index (χ1) is 9.51. The van der Waals surface area contributed by atoms with Crippen molar-refractivity contribution in [2.24, 2.45) is 0 Å². The van der Waals surface area contributed by atoms with Crippen molar-refractivity contribution in [2.75, 3.05) is 0 Å². The minimum absolute atomic E-state index is 0.0649. The van der Waals surface area contributed by atoms with Gasteiger partial charge in [-0.25, -0.2) is 8.78 Å². The third kappa shape index (κ3) is 2.02. The predicted octanol–water partition coefficient (Wildman–Crippen LogP) is 3.65. The van der Waals surface area contributed by atoms with Crippen molar-refractivity contribution in [1.82, 2.24) is 0 Å². The van der Waals surface area contributed by atoms with Crippen LogP contribution in [0.1, 0.15) is 28.7 Å². The minimum atomic E-state index is -1.33. The molecule has 0 aliphatic heterocycles. The summed E-state index contributed by atoms with van der Waals surface area (Å²) in [6.07, 6.45) is 1.40. The number of aryl methyl sites for hydroxylation is 2. The summed E-state index contributed by atoms with van der Waals surface area (Å²) >= 11 is 0. The van der Waals surface area contributed by atoms with Crippen molar-refractivity contribution < 1.29 is 13.9 Å². The molecule has 0 bridgehead atoms. The van der Waals surface area contributed by atoms with Crippen LogP contribution in [0.25, 0.3) is 0 Å². The summed E-state index contributed by atoms with van der Waals surface area (Å²) in [4.78, 5) is 0. The molecule has 2 aromatic rings. The second kappa shape index (κ2) is 4.67. The number of fused-ring (bicyclic) bond motifs is 1. The van der Waals surface area contributed by atoms with Crippen LogP contribution in [0.2, 0.25) is 0 Å². The monoisotopic (exact) mass is 274 g/mol. The van der Waals surface area contributed by atoms with E-state index in [2.05, 4.69) is 0 Å². The first-order valence-corrected chi connectivity index (χ1v) is 6.75. The van der Waals surface area contributed by atoms with Crippen LogP contribution in [0.5, 0.6) is 0 Å². The lowest BCUT2D eigenvalue weighted by molar-refractivity contribution is 0.0182. The van der Waals surface area contributed by atoms with Crippen LogP contribution < -0.4 is 0 Å². The van der Waals surface area contributed by atoms with Crippen LogP contribution >= 0.6 is 0 Å². The van der Waals surface area contributed by atoms with Gasteiger partial charge in [0.2, 0.25) is 0 Å². The standard InChI is InChI=1S/C17H16F2O/c1-11-6-7-14(16(19)15(11)18)17(20)9-8-12-4-2-3-5-13(12)10-17/h2-7,20H,8-10H2,1H3. The van der Waals surface area contributed by atoms with Crippen LogP contribution in [-0.4, -0.2) is 5.11 Å². The van der Waals surface area contributed by atoms with Gasteiger partial charge in [-0.15, -0.1) is 0 Å². The second-order valence-electron chi connectivity index (χ2n) is 5.54. The third-order valence-corrected chi connectivity index (χ3v) is 4.19. The highest BCUT2D eigenvalue weighted by atomic mass is 19.2. The molecule has 3 heteroatoms. The molecule has 3 rings (SSSR count). The fourth-order valence-corrected chi connectivity index (χ4v) is 2.95.